The summed E-state index contributed by atoms with van der Waals surface area (Å²) in [6.07, 6.45) is 3.34. The Morgan fingerprint density at radius 3 is 2.46 bits per heavy atom. The number of nitrogens with zero attached hydrogens (tertiary/aromatic N) is 2. The van der Waals surface area contributed by atoms with E-state index in [4.69, 9.17) is 0 Å². The maximum absolute atomic E-state index is 12.9. The van der Waals surface area contributed by atoms with Gasteiger partial charge in [0, 0.05) is 24.0 Å². The molecule has 2 fully saturated rings. The van der Waals surface area contributed by atoms with Gasteiger partial charge >= 0.3 is 0 Å². The average molecular weight is 398 g/mol. The van der Waals surface area contributed by atoms with Crippen molar-refractivity contribution in [1.82, 2.24) is 9.88 Å². The lowest BCUT2D eigenvalue weighted by Crippen LogP contribution is -2.40. The Morgan fingerprint density at radius 2 is 1.86 bits per heavy atom. The van der Waals surface area contributed by atoms with E-state index in [1.54, 1.807) is 48.7 Å². The van der Waals surface area contributed by atoms with E-state index in [1.165, 1.54) is 11.1 Å². The molecular weight excluding hydrogens is 380 g/mol. The summed E-state index contributed by atoms with van der Waals surface area (Å²) in [6, 6.07) is 10.4. The summed E-state index contributed by atoms with van der Waals surface area (Å²) in [5.41, 5.74) is 0.908. The Bertz CT molecular complexity index is 1060. The zero-order chi connectivity index (χ0) is 19.9. The van der Waals surface area contributed by atoms with Crippen molar-refractivity contribution in [3.8, 4) is 0 Å². The molecule has 1 amide bonds. The van der Waals surface area contributed by atoms with Crippen molar-refractivity contribution in [2.45, 2.75) is 18.5 Å². The fraction of sp³-hybridized carbons (Fsp3) is 0.250. The number of carbonyl (C=O) groups is 2. The monoisotopic (exact) mass is 398 g/mol. The predicted molar refractivity (Wildman–Crippen MR) is 102 cm³/mol. The molecule has 4 rings (SSSR count). The third-order valence-corrected chi connectivity index (χ3v) is 6.88. The van der Waals surface area contributed by atoms with Crippen LogP contribution in [0.5, 0.6) is 0 Å². The topological polar surface area (TPSA) is 105 Å². The van der Waals surface area contributed by atoms with Crippen LogP contribution < -0.4 is 0 Å². The number of carbonyl (C=O) groups excluding carboxylic acids is 2. The number of hydrogen-bond acceptors (Lipinski definition) is 6. The first-order valence-electron chi connectivity index (χ1n) is 8.85. The molecule has 144 valence electrons. The molecule has 1 N–H and O–H groups in total. The van der Waals surface area contributed by atoms with Crippen LogP contribution in [0, 0.1) is 0 Å². The lowest BCUT2D eigenvalue weighted by atomic mass is 9.96. The van der Waals surface area contributed by atoms with Gasteiger partial charge in [-0.2, -0.15) is 0 Å². The molecule has 2 saturated heterocycles. The molecule has 2 aromatic rings. The van der Waals surface area contributed by atoms with Crippen LogP contribution in [-0.4, -0.2) is 52.6 Å². The molecule has 1 aromatic heterocycles. The van der Waals surface area contributed by atoms with Crippen molar-refractivity contribution in [1.29, 1.82) is 0 Å². The van der Waals surface area contributed by atoms with E-state index in [0.717, 1.165) is 0 Å². The number of amides is 1. The fourth-order valence-electron chi connectivity index (χ4n) is 3.84. The van der Waals surface area contributed by atoms with Crippen LogP contribution in [0.4, 0.5) is 0 Å². The molecule has 7 nitrogen and oxygen atoms in total. The van der Waals surface area contributed by atoms with Crippen molar-refractivity contribution in [3.63, 3.8) is 0 Å². The highest BCUT2D eigenvalue weighted by Crippen LogP contribution is 2.41. The quantitative estimate of drug-likeness (QED) is 0.479. The van der Waals surface area contributed by atoms with Crippen LogP contribution >= 0.6 is 0 Å². The van der Waals surface area contributed by atoms with Gasteiger partial charge in [-0.1, -0.05) is 36.4 Å². The molecule has 2 aliphatic rings. The van der Waals surface area contributed by atoms with Gasteiger partial charge in [0.1, 0.15) is 5.76 Å². The Morgan fingerprint density at radius 1 is 1.11 bits per heavy atom. The number of pyridine rings is 1. The predicted octanol–water partition coefficient (Wildman–Crippen LogP) is 1.69. The Labute approximate surface area is 162 Å². The normalized spacial score (nSPS) is 25.9. The second-order valence-electron chi connectivity index (χ2n) is 6.92. The van der Waals surface area contributed by atoms with E-state index in [9.17, 15) is 23.1 Å². The minimum atomic E-state index is -3.27. The van der Waals surface area contributed by atoms with Crippen LogP contribution in [0.25, 0.3) is 5.76 Å². The van der Waals surface area contributed by atoms with Gasteiger partial charge in [0.25, 0.3) is 11.7 Å². The van der Waals surface area contributed by atoms with Crippen molar-refractivity contribution in [2.75, 3.05) is 11.5 Å². The molecule has 0 radical (unpaired) electrons. The molecule has 0 spiro atoms. The van der Waals surface area contributed by atoms with E-state index in [-0.39, 0.29) is 29.3 Å². The zero-order valence-electron chi connectivity index (χ0n) is 14.9. The Balaban J connectivity index is 1.88. The number of sulfone groups is 1. The number of Topliss-reactive ketones (excluding diaryl/α,β-unsaturated/α-hetero) is 1. The summed E-state index contributed by atoms with van der Waals surface area (Å²) < 4.78 is 23.9. The number of aliphatic hydroxyl groups is 1. The average Bonchev–Trinajstić information content (AvgIpc) is 3.19. The first-order chi connectivity index (χ1) is 13.4. The summed E-state index contributed by atoms with van der Waals surface area (Å²) in [7, 11) is -3.27. The van der Waals surface area contributed by atoms with Crippen LogP contribution in [0.1, 0.15) is 23.6 Å². The van der Waals surface area contributed by atoms with Gasteiger partial charge < -0.3 is 10.0 Å². The molecule has 0 aliphatic carbocycles. The molecule has 0 bridgehead atoms. The molecule has 1 aromatic carbocycles. The van der Waals surface area contributed by atoms with Crippen LogP contribution in [0.2, 0.25) is 0 Å². The first-order valence-corrected chi connectivity index (χ1v) is 10.7. The summed E-state index contributed by atoms with van der Waals surface area (Å²) >= 11 is 0. The molecule has 2 aliphatic heterocycles. The van der Waals surface area contributed by atoms with Crippen molar-refractivity contribution in [3.05, 3.63) is 71.6 Å². The summed E-state index contributed by atoms with van der Waals surface area (Å²) in [4.78, 5) is 31.1. The van der Waals surface area contributed by atoms with Gasteiger partial charge in [-0.05, 0) is 18.1 Å². The molecule has 2 unspecified atom stereocenters. The van der Waals surface area contributed by atoms with Crippen molar-refractivity contribution >= 4 is 27.3 Å². The number of aliphatic hydroxyl groups excluding tert-OH is 1. The number of benzene rings is 1. The summed E-state index contributed by atoms with van der Waals surface area (Å²) in [5, 5.41) is 10.8. The maximum atomic E-state index is 12.9. The number of likely N-dealkylation sites (tertiary alicyclic amines) is 1. The van der Waals surface area contributed by atoms with Crippen LogP contribution in [-0.2, 0) is 19.4 Å². The summed E-state index contributed by atoms with van der Waals surface area (Å²) in [5.74, 6) is -2.12. The molecule has 0 saturated carbocycles. The minimum absolute atomic E-state index is 0.0287. The van der Waals surface area contributed by atoms with Crippen molar-refractivity contribution < 1.29 is 23.1 Å². The fourth-order valence-corrected chi connectivity index (χ4v) is 5.55. The smallest absolute Gasteiger partial charge is 0.295 e. The van der Waals surface area contributed by atoms with Gasteiger partial charge in [0.05, 0.1) is 23.1 Å². The maximum Gasteiger partial charge on any atom is 0.295 e. The van der Waals surface area contributed by atoms with E-state index in [2.05, 4.69) is 4.98 Å². The number of rotatable bonds is 3. The van der Waals surface area contributed by atoms with E-state index in [1.807, 2.05) is 0 Å². The van der Waals surface area contributed by atoms with Gasteiger partial charge in [-0.25, -0.2) is 8.42 Å². The highest BCUT2D eigenvalue weighted by Gasteiger charge is 2.50. The van der Waals surface area contributed by atoms with Crippen LogP contribution in [0.3, 0.4) is 0 Å². The van der Waals surface area contributed by atoms with Crippen molar-refractivity contribution in [2.24, 2.45) is 0 Å². The minimum Gasteiger partial charge on any atom is -0.507 e. The highest BCUT2D eigenvalue weighted by atomic mass is 32.2. The second-order valence-corrected chi connectivity index (χ2v) is 9.14. The first kappa shape index (κ1) is 18.4. The number of aromatic nitrogens is 1. The molecule has 8 heteroatoms. The lowest BCUT2D eigenvalue weighted by molar-refractivity contribution is -0.141. The SMILES string of the molecule is O=C1C(=O)N(C2CCS(=O)(=O)C2)C(c2cccnc2)/C1=C(\O)c1ccccc1. The Kier molecular flexibility index (Phi) is 4.50. The summed E-state index contributed by atoms with van der Waals surface area (Å²) in [6.45, 7) is 0. The van der Waals surface area contributed by atoms with E-state index >= 15 is 0 Å². The highest BCUT2D eigenvalue weighted by molar-refractivity contribution is 7.91. The Hall–Kier alpha value is -3.00. The molecular formula is C20H18N2O5S. The van der Waals surface area contributed by atoms with E-state index < -0.39 is 33.6 Å². The zero-order valence-corrected chi connectivity index (χ0v) is 15.7. The van der Waals surface area contributed by atoms with Gasteiger partial charge in [-0.15, -0.1) is 0 Å². The second kappa shape index (κ2) is 6.87. The third-order valence-electron chi connectivity index (χ3n) is 5.13. The largest absolute Gasteiger partial charge is 0.507 e. The van der Waals surface area contributed by atoms with Gasteiger partial charge in [-0.3, -0.25) is 14.6 Å². The molecule has 28 heavy (non-hydrogen) atoms. The van der Waals surface area contributed by atoms with Gasteiger partial charge in [0.15, 0.2) is 9.84 Å². The molecule has 3 heterocycles. The van der Waals surface area contributed by atoms with Gasteiger partial charge in [0.2, 0.25) is 0 Å². The van der Waals surface area contributed by atoms with Crippen LogP contribution in [0.15, 0.2) is 60.4 Å². The lowest BCUT2D eigenvalue weighted by Gasteiger charge is -2.29. The van der Waals surface area contributed by atoms with E-state index in [0.29, 0.717) is 11.1 Å². The number of hydrogen-bond donors (Lipinski definition) is 1. The molecule has 2 atom stereocenters. The standard InChI is InChI=1S/C20H18N2O5S/c23-18(13-5-2-1-3-6-13)16-17(14-7-4-9-21-11-14)22(20(25)19(16)24)15-8-10-28(26,27)12-15/h1-7,9,11,15,17,23H,8,10,12H2/b18-16+. The third kappa shape index (κ3) is 3.09. The number of ketones is 1.